The molecule has 0 radical (unpaired) electrons. The Balaban J connectivity index is 1.52. The number of methoxy groups -OCH3 is 1. The average Bonchev–Trinajstić information content (AvgIpc) is 3.46. The van der Waals surface area contributed by atoms with E-state index in [1.165, 1.54) is 0 Å². The smallest absolute Gasteiger partial charge is 0.233 e. The summed E-state index contributed by atoms with van der Waals surface area (Å²) in [6, 6.07) is 13.3. The van der Waals surface area contributed by atoms with Crippen LogP contribution in [0.2, 0.25) is 0 Å². The number of fused-ring (bicyclic) bond motifs is 1. The van der Waals surface area contributed by atoms with E-state index in [0.717, 1.165) is 28.5 Å². The minimum Gasteiger partial charge on any atom is -0.480 e. The third-order valence-electron chi connectivity index (χ3n) is 5.92. The van der Waals surface area contributed by atoms with Gasteiger partial charge in [-0.25, -0.2) is 9.37 Å². The molecular formula is C24H21FN6O. The monoisotopic (exact) mass is 428 g/mol. The van der Waals surface area contributed by atoms with Gasteiger partial charge in [-0.3, -0.25) is 4.68 Å². The molecule has 0 amide bonds. The third kappa shape index (κ3) is 3.89. The number of halogens is 1. The van der Waals surface area contributed by atoms with Gasteiger partial charge in [0.05, 0.1) is 24.5 Å². The van der Waals surface area contributed by atoms with Crippen molar-refractivity contribution in [1.29, 1.82) is 5.26 Å². The van der Waals surface area contributed by atoms with Crippen molar-refractivity contribution >= 4 is 10.9 Å². The maximum atomic E-state index is 13.5. The maximum Gasteiger partial charge on any atom is 0.233 e. The molecule has 4 aromatic rings. The molecule has 8 heteroatoms. The molecule has 160 valence electrons. The highest BCUT2D eigenvalue weighted by molar-refractivity contribution is 5.88. The topological polar surface area (TPSA) is 89.5 Å². The molecule has 1 aliphatic carbocycles. The lowest BCUT2D eigenvalue weighted by atomic mass is 10.00. The number of ether oxygens (including phenoxy) is 1. The van der Waals surface area contributed by atoms with Crippen molar-refractivity contribution in [1.82, 2.24) is 25.0 Å². The Morgan fingerprint density at radius 1 is 1.16 bits per heavy atom. The number of rotatable bonds is 5. The van der Waals surface area contributed by atoms with Crippen LogP contribution in [0.25, 0.3) is 33.3 Å². The van der Waals surface area contributed by atoms with Crippen LogP contribution in [0.15, 0.2) is 48.8 Å². The molecule has 1 saturated carbocycles. The van der Waals surface area contributed by atoms with Gasteiger partial charge in [-0.1, -0.05) is 12.1 Å². The molecule has 1 aromatic carbocycles. The van der Waals surface area contributed by atoms with Gasteiger partial charge in [-0.2, -0.15) is 10.4 Å². The zero-order chi connectivity index (χ0) is 22.1. The van der Waals surface area contributed by atoms with Crippen LogP contribution in [0.5, 0.6) is 5.88 Å². The summed E-state index contributed by atoms with van der Waals surface area (Å²) < 4.78 is 20.6. The van der Waals surface area contributed by atoms with Crippen LogP contribution in [-0.4, -0.2) is 38.2 Å². The van der Waals surface area contributed by atoms with Crippen LogP contribution in [0.3, 0.4) is 0 Å². The normalized spacial score (nSPS) is 18.0. The van der Waals surface area contributed by atoms with E-state index in [4.69, 9.17) is 4.74 Å². The first-order valence-corrected chi connectivity index (χ1v) is 10.5. The first-order valence-electron chi connectivity index (χ1n) is 10.5. The quantitative estimate of drug-likeness (QED) is 0.462. The number of alkyl halides is 1. The van der Waals surface area contributed by atoms with Gasteiger partial charge < -0.3 is 4.74 Å². The van der Waals surface area contributed by atoms with Gasteiger partial charge in [0, 0.05) is 40.9 Å². The zero-order valence-corrected chi connectivity index (χ0v) is 17.6. The van der Waals surface area contributed by atoms with Gasteiger partial charge in [0.25, 0.3) is 0 Å². The lowest BCUT2D eigenvalue weighted by Gasteiger charge is -2.10. The number of hydrogen-bond acceptors (Lipinski definition) is 6. The summed E-state index contributed by atoms with van der Waals surface area (Å²) in [6.07, 6.45) is 5.19. The van der Waals surface area contributed by atoms with Crippen LogP contribution in [-0.2, 0) is 6.54 Å². The van der Waals surface area contributed by atoms with E-state index in [0.29, 0.717) is 48.1 Å². The van der Waals surface area contributed by atoms with E-state index >= 15 is 0 Å². The number of benzene rings is 1. The Labute approximate surface area is 184 Å². The third-order valence-corrected chi connectivity index (χ3v) is 5.92. The molecule has 7 nitrogen and oxygen atoms in total. The molecule has 1 aliphatic rings. The lowest BCUT2D eigenvalue weighted by molar-refractivity contribution is 0.320. The highest BCUT2D eigenvalue weighted by atomic mass is 19.1. The Hall–Kier alpha value is -3.86. The van der Waals surface area contributed by atoms with Gasteiger partial charge in [0.15, 0.2) is 0 Å². The number of nitriles is 1. The first kappa shape index (κ1) is 20.1. The van der Waals surface area contributed by atoms with Crippen molar-refractivity contribution in [2.75, 3.05) is 7.11 Å². The summed E-state index contributed by atoms with van der Waals surface area (Å²) in [6.45, 7) is 0.701. The number of pyridine rings is 1. The zero-order valence-electron chi connectivity index (χ0n) is 17.6. The molecule has 3 aromatic heterocycles. The van der Waals surface area contributed by atoms with E-state index in [1.54, 1.807) is 19.4 Å². The molecule has 3 heterocycles. The van der Waals surface area contributed by atoms with Crippen molar-refractivity contribution in [3.05, 3.63) is 54.5 Å². The van der Waals surface area contributed by atoms with Crippen LogP contribution in [0.1, 0.15) is 25.0 Å². The minimum absolute atomic E-state index is 0.312. The predicted molar refractivity (Wildman–Crippen MR) is 117 cm³/mol. The largest absolute Gasteiger partial charge is 0.480 e. The molecule has 0 saturated heterocycles. The SMILES string of the molecule is COc1cc2ccc(-c3nc(C#N)ccc3-c3cnn(C[C@H]4CC[C@H](F)C4)c3)cc2nn1. The molecule has 2 atom stereocenters. The van der Waals surface area contributed by atoms with E-state index in [9.17, 15) is 9.65 Å². The Morgan fingerprint density at radius 3 is 2.84 bits per heavy atom. The van der Waals surface area contributed by atoms with Crippen LogP contribution in [0.4, 0.5) is 4.39 Å². The van der Waals surface area contributed by atoms with E-state index < -0.39 is 6.17 Å². The van der Waals surface area contributed by atoms with Crippen molar-refractivity contribution in [2.24, 2.45) is 5.92 Å². The Morgan fingerprint density at radius 2 is 2.06 bits per heavy atom. The molecule has 32 heavy (non-hydrogen) atoms. The molecule has 0 bridgehead atoms. The summed E-state index contributed by atoms with van der Waals surface area (Å²) in [5, 5.41) is 23.1. The van der Waals surface area contributed by atoms with Crippen molar-refractivity contribution in [3.8, 4) is 34.3 Å². The van der Waals surface area contributed by atoms with E-state index in [1.807, 2.05) is 41.2 Å². The van der Waals surface area contributed by atoms with Gasteiger partial charge in [0.1, 0.15) is 17.9 Å². The molecule has 0 aliphatic heterocycles. The Bertz CT molecular complexity index is 1330. The van der Waals surface area contributed by atoms with Crippen LogP contribution < -0.4 is 4.74 Å². The van der Waals surface area contributed by atoms with Crippen molar-refractivity contribution < 1.29 is 9.13 Å². The summed E-state index contributed by atoms with van der Waals surface area (Å²) in [4.78, 5) is 4.58. The van der Waals surface area contributed by atoms with Gasteiger partial charge >= 0.3 is 0 Å². The first-order chi connectivity index (χ1) is 15.6. The summed E-state index contributed by atoms with van der Waals surface area (Å²) in [5.41, 5.74) is 4.30. The minimum atomic E-state index is -0.694. The van der Waals surface area contributed by atoms with Crippen molar-refractivity contribution in [2.45, 2.75) is 32.0 Å². The predicted octanol–water partition coefficient (Wildman–Crippen LogP) is 4.57. The van der Waals surface area contributed by atoms with Gasteiger partial charge in [-0.15, -0.1) is 10.2 Å². The highest BCUT2D eigenvalue weighted by Crippen LogP contribution is 2.33. The van der Waals surface area contributed by atoms with E-state index in [2.05, 4.69) is 26.3 Å². The fraction of sp³-hybridized carbons (Fsp3) is 0.292. The number of hydrogen-bond donors (Lipinski definition) is 0. The maximum absolute atomic E-state index is 13.5. The molecule has 5 rings (SSSR count). The number of aromatic nitrogens is 5. The lowest BCUT2D eigenvalue weighted by Crippen LogP contribution is -2.08. The van der Waals surface area contributed by atoms with E-state index in [-0.39, 0.29) is 0 Å². The standard InChI is InChI=1S/C24H21FN6O/c1-32-23-10-16-3-4-17(9-22(16)29-30-23)24-21(7-6-20(11-26)28-24)18-12-27-31(14-18)13-15-2-5-19(25)8-15/h3-4,6-7,9-10,12,14-15,19H,2,5,8,13H2,1H3/t15-,19-/m0/s1. The number of nitrogens with zero attached hydrogens (tertiary/aromatic N) is 6. The molecule has 0 N–H and O–H groups in total. The molecule has 1 fully saturated rings. The second kappa shape index (κ2) is 8.35. The van der Waals surface area contributed by atoms with Crippen LogP contribution in [0, 0.1) is 17.2 Å². The molecule has 0 unspecified atom stereocenters. The average molecular weight is 428 g/mol. The van der Waals surface area contributed by atoms with Gasteiger partial charge in [0.2, 0.25) is 5.88 Å². The summed E-state index contributed by atoms with van der Waals surface area (Å²) in [5.74, 6) is 0.761. The summed E-state index contributed by atoms with van der Waals surface area (Å²) >= 11 is 0. The second-order valence-electron chi connectivity index (χ2n) is 8.09. The van der Waals surface area contributed by atoms with Crippen LogP contribution >= 0.6 is 0 Å². The summed E-state index contributed by atoms with van der Waals surface area (Å²) in [7, 11) is 1.55. The molecule has 0 spiro atoms. The fourth-order valence-corrected chi connectivity index (χ4v) is 4.29. The van der Waals surface area contributed by atoms with Crippen molar-refractivity contribution in [3.63, 3.8) is 0 Å². The highest BCUT2D eigenvalue weighted by Gasteiger charge is 2.25. The Kier molecular flexibility index (Phi) is 5.23. The molecular weight excluding hydrogens is 407 g/mol. The van der Waals surface area contributed by atoms with Gasteiger partial charge in [-0.05, 0) is 43.4 Å². The second-order valence-corrected chi connectivity index (χ2v) is 8.09. The fourth-order valence-electron chi connectivity index (χ4n) is 4.29.